The second kappa shape index (κ2) is 5.42. The number of aryl methyl sites for hydroxylation is 1. The van der Waals surface area contributed by atoms with Gasteiger partial charge >= 0.3 is 0 Å². The summed E-state index contributed by atoms with van der Waals surface area (Å²) < 4.78 is 27.9. The quantitative estimate of drug-likeness (QED) is 0.930. The SMILES string of the molecule is Cc1onc(-c2ccccc2)c1C(=O)NC1C=CS(=O)(=O)C1. The lowest BCUT2D eigenvalue weighted by Gasteiger charge is -2.10. The number of sulfone groups is 1. The maximum atomic E-state index is 12.4. The van der Waals surface area contributed by atoms with E-state index in [9.17, 15) is 13.2 Å². The van der Waals surface area contributed by atoms with E-state index in [4.69, 9.17) is 4.52 Å². The number of amides is 1. The molecule has 114 valence electrons. The molecule has 0 fully saturated rings. The molecule has 22 heavy (non-hydrogen) atoms. The molecule has 1 aromatic carbocycles. The Hall–Kier alpha value is -2.41. The van der Waals surface area contributed by atoms with Crippen LogP contribution in [0.15, 0.2) is 46.3 Å². The molecule has 0 aliphatic carbocycles. The van der Waals surface area contributed by atoms with Gasteiger partial charge in [0.2, 0.25) is 0 Å². The summed E-state index contributed by atoms with van der Waals surface area (Å²) in [5.74, 6) is -0.130. The topological polar surface area (TPSA) is 89.3 Å². The maximum absolute atomic E-state index is 12.4. The van der Waals surface area contributed by atoms with Gasteiger partial charge in [0.15, 0.2) is 9.84 Å². The van der Waals surface area contributed by atoms with E-state index >= 15 is 0 Å². The lowest BCUT2D eigenvalue weighted by Crippen LogP contribution is -2.35. The van der Waals surface area contributed by atoms with Crippen LogP contribution in [0.25, 0.3) is 11.3 Å². The van der Waals surface area contributed by atoms with Crippen LogP contribution in [0, 0.1) is 6.92 Å². The lowest BCUT2D eigenvalue weighted by molar-refractivity contribution is 0.0946. The third-order valence-corrected chi connectivity index (χ3v) is 4.78. The number of hydrogen-bond donors (Lipinski definition) is 1. The summed E-state index contributed by atoms with van der Waals surface area (Å²) in [6.45, 7) is 1.65. The molecule has 2 heterocycles. The highest BCUT2D eigenvalue weighted by atomic mass is 32.2. The van der Waals surface area contributed by atoms with Crippen molar-refractivity contribution >= 4 is 15.7 Å². The van der Waals surface area contributed by atoms with Gasteiger partial charge in [-0.1, -0.05) is 35.5 Å². The van der Waals surface area contributed by atoms with Crippen molar-refractivity contribution in [1.82, 2.24) is 10.5 Å². The smallest absolute Gasteiger partial charge is 0.257 e. The van der Waals surface area contributed by atoms with E-state index in [0.717, 1.165) is 11.0 Å². The fourth-order valence-electron chi connectivity index (χ4n) is 2.34. The monoisotopic (exact) mass is 318 g/mol. The standard InChI is InChI=1S/C15H14N2O4S/c1-10-13(14(17-21-10)11-5-3-2-4-6-11)15(18)16-12-7-8-22(19,20)9-12/h2-8,12H,9H2,1H3,(H,16,18). The Kier molecular flexibility index (Phi) is 3.58. The van der Waals surface area contributed by atoms with Gasteiger partial charge in [0, 0.05) is 11.0 Å². The van der Waals surface area contributed by atoms with Crippen molar-refractivity contribution in [3.63, 3.8) is 0 Å². The highest BCUT2D eigenvalue weighted by Crippen LogP contribution is 2.25. The maximum Gasteiger partial charge on any atom is 0.257 e. The van der Waals surface area contributed by atoms with Gasteiger partial charge in [-0.2, -0.15) is 0 Å². The first-order valence-corrected chi connectivity index (χ1v) is 8.41. The summed E-state index contributed by atoms with van der Waals surface area (Å²) in [4.78, 5) is 12.4. The van der Waals surface area contributed by atoms with E-state index in [-0.39, 0.29) is 5.75 Å². The van der Waals surface area contributed by atoms with Gasteiger partial charge in [-0.25, -0.2) is 8.42 Å². The van der Waals surface area contributed by atoms with Crippen LogP contribution in [0.1, 0.15) is 16.1 Å². The van der Waals surface area contributed by atoms with Crippen molar-refractivity contribution in [3.05, 3.63) is 53.1 Å². The number of carbonyl (C=O) groups is 1. The van der Waals surface area contributed by atoms with Crippen molar-refractivity contribution in [2.45, 2.75) is 13.0 Å². The molecule has 1 aromatic heterocycles. The number of aromatic nitrogens is 1. The highest BCUT2D eigenvalue weighted by Gasteiger charge is 2.27. The molecule has 0 saturated carbocycles. The van der Waals surface area contributed by atoms with E-state index in [1.807, 2.05) is 30.3 Å². The van der Waals surface area contributed by atoms with Crippen molar-refractivity contribution < 1.29 is 17.7 Å². The first-order chi connectivity index (χ1) is 10.5. The number of rotatable bonds is 3. The molecule has 0 radical (unpaired) electrons. The van der Waals surface area contributed by atoms with Crippen LogP contribution in [-0.4, -0.2) is 31.3 Å². The fourth-order valence-corrected chi connectivity index (χ4v) is 3.57. The van der Waals surface area contributed by atoms with E-state index in [1.165, 1.54) is 6.08 Å². The molecule has 7 heteroatoms. The van der Waals surface area contributed by atoms with Crippen molar-refractivity contribution in [1.29, 1.82) is 0 Å². The Morgan fingerprint density at radius 3 is 2.68 bits per heavy atom. The zero-order valence-electron chi connectivity index (χ0n) is 11.8. The van der Waals surface area contributed by atoms with Gasteiger partial charge in [0.25, 0.3) is 5.91 Å². The lowest BCUT2D eigenvalue weighted by atomic mass is 10.1. The van der Waals surface area contributed by atoms with Crippen LogP contribution >= 0.6 is 0 Å². The molecule has 6 nitrogen and oxygen atoms in total. The molecule has 1 N–H and O–H groups in total. The van der Waals surface area contributed by atoms with Gasteiger partial charge in [-0.3, -0.25) is 4.79 Å². The highest BCUT2D eigenvalue weighted by molar-refractivity contribution is 7.94. The molecule has 1 unspecified atom stereocenters. The van der Waals surface area contributed by atoms with Crippen molar-refractivity contribution in [3.8, 4) is 11.3 Å². The van der Waals surface area contributed by atoms with Gasteiger partial charge in [-0.15, -0.1) is 0 Å². The molecule has 1 aliphatic heterocycles. The molecule has 0 spiro atoms. The number of hydrogen-bond acceptors (Lipinski definition) is 5. The summed E-state index contributed by atoms with van der Waals surface area (Å²) in [5, 5.41) is 7.74. The Morgan fingerprint density at radius 2 is 2.05 bits per heavy atom. The first kappa shape index (κ1) is 14.5. The predicted molar refractivity (Wildman–Crippen MR) is 80.9 cm³/mol. The molecule has 1 amide bonds. The fraction of sp³-hybridized carbons (Fsp3) is 0.200. The minimum atomic E-state index is -3.22. The number of nitrogens with one attached hydrogen (secondary N) is 1. The van der Waals surface area contributed by atoms with Crippen LogP contribution in [0.5, 0.6) is 0 Å². The number of carbonyl (C=O) groups excluding carboxylic acids is 1. The largest absolute Gasteiger partial charge is 0.360 e. The van der Waals surface area contributed by atoms with Crippen molar-refractivity contribution in [2.24, 2.45) is 0 Å². The van der Waals surface area contributed by atoms with Crippen LogP contribution in [-0.2, 0) is 9.84 Å². The van der Waals surface area contributed by atoms with Gasteiger partial charge in [0.1, 0.15) is 17.0 Å². The normalized spacial score (nSPS) is 19.2. The molecule has 0 saturated heterocycles. The Morgan fingerprint density at radius 1 is 1.32 bits per heavy atom. The Labute approximate surface area is 127 Å². The second-order valence-corrected chi connectivity index (χ2v) is 7.00. The zero-order valence-corrected chi connectivity index (χ0v) is 12.6. The van der Waals surface area contributed by atoms with E-state index < -0.39 is 21.8 Å². The van der Waals surface area contributed by atoms with Gasteiger partial charge < -0.3 is 9.84 Å². The minimum absolute atomic E-state index is 0.121. The molecule has 2 aromatic rings. The Balaban J connectivity index is 1.88. The summed E-state index contributed by atoms with van der Waals surface area (Å²) in [5.41, 5.74) is 1.53. The van der Waals surface area contributed by atoms with Gasteiger partial charge in [0.05, 0.1) is 11.8 Å². The summed E-state index contributed by atoms with van der Waals surface area (Å²) in [6.07, 6.45) is 1.47. The third-order valence-electron chi connectivity index (χ3n) is 3.38. The van der Waals surface area contributed by atoms with E-state index in [1.54, 1.807) is 6.92 Å². The molecular weight excluding hydrogens is 304 g/mol. The molecule has 1 atom stereocenters. The van der Waals surface area contributed by atoms with Gasteiger partial charge in [-0.05, 0) is 13.0 Å². The molecular formula is C15H14N2O4S. The van der Waals surface area contributed by atoms with Crippen molar-refractivity contribution in [2.75, 3.05) is 5.75 Å². The number of nitrogens with zero attached hydrogens (tertiary/aromatic N) is 1. The van der Waals surface area contributed by atoms with E-state index in [0.29, 0.717) is 17.0 Å². The second-order valence-electron chi connectivity index (χ2n) is 5.07. The molecule has 1 aliphatic rings. The Bertz CT molecular complexity index is 838. The zero-order chi connectivity index (χ0) is 15.7. The average molecular weight is 318 g/mol. The molecule has 3 rings (SSSR count). The van der Waals surface area contributed by atoms with Crippen LogP contribution < -0.4 is 5.32 Å². The summed E-state index contributed by atoms with van der Waals surface area (Å²) >= 11 is 0. The third kappa shape index (κ3) is 2.80. The predicted octanol–water partition coefficient (Wildman–Crippen LogP) is 1.69. The number of benzene rings is 1. The van der Waals surface area contributed by atoms with Crippen LogP contribution in [0.4, 0.5) is 0 Å². The minimum Gasteiger partial charge on any atom is -0.360 e. The van der Waals surface area contributed by atoms with Crippen LogP contribution in [0.2, 0.25) is 0 Å². The first-order valence-electron chi connectivity index (χ1n) is 6.70. The average Bonchev–Trinajstić information content (AvgIpc) is 3.02. The molecule has 0 bridgehead atoms. The summed E-state index contributed by atoms with van der Waals surface area (Å²) in [7, 11) is -3.22. The van der Waals surface area contributed by atoms with E-state index in [2.05, 4.69) is 10.5 Å². The van der Waals surface area contributed by atoms with Crippen LogP contribution in [0.3, 0.4) is 0 Å². The summed E-state index contributed by atoms with van der Waals surface area (Å²) in [6, 6.07) is 8.67.